The summed E-state index contributed by atoms with van der Waals surface area (Å²) in [5, 5.41) is 8.39. The summed E-state index contributed by atoms with van der Waals surface area (Å²) >= 11 is 6.28. The zero-order chi connectivity index (χ0) is 12.1. The molecule has 1 N–H and O–H groups in total. The minimum Gasteiger partial charge on any atom is -0.383 e. The van der Waals surface area contributed by atoms with Crippen LogP contribution in [-0.2, 0) is 24.6 Å². The van der Waals surface area contributed by atoms with Gasteiger partial charge >= 0.3 is 0 Å². The van der Waals surface area contributed by atoms with Crippen LogP contribution in [0.4, 0.5) is 0 Å². The van der Waals surface area contributed by atoms with Gasteiger partial charge in [-0.15, -0.1) is 0 Å². The number of likely N-dealkylation sites (N-methyl/N-ethyl adjacent to an activating group) is 1. The molecule has 4 nitrogen and oxygen atoms in total. The van der Waals surface area contributed by atoms with Gasteiger partial charge in [0.1, 0.15) is 0 Å². The fourth-order valence-corrected chi connectivity index (χ4v) is 2.09. The number of aromatic nitrogens is 2. The average Bonchev–Trinajstić information content (AvgIpc) is 2.55. The van der Waals surface area contributed by atoms with E-state index in [1.54, 1.807) is 7.11 Å². The molecule has 0 fully saturated rings. The third kappa shape index (κ3) is 2.97. The molecule has 1 atom stereocenters. The van der Waals surface area contributed by atoms with E-state index >= 15 is 0 Å². The second-order valence-corrected chi connectivity index (χ2v) is 4.21. The summed E-state index contributed by atoms with van der Waals surface area (Å²) in [6, 6.07) is 0.266. The van der Waals surface area contributed by atoms with Crippen LogP contribution in [0.3, 0.4) is 0 Å². The number of ether oxygens (including phenoxy) is 1. The van der Waals surface area contributed by atoms with Crippen molar-refractivity contribution in [2.45, 2.75) is 25.8 Å². The first-order valence-corrected chi connectivity index (χ1v) is 5.88. The Balaban J connectivity index is 2.82. The van der Waals surface area contributed by atoms with E-state index in [4.69, 9.17) is 16.3 Å². The minimum absolute atomic E-state index is 0.266. The fraction of sp³-hybridized carbons (Fsp3) is 0.727. The maximum Gasteiger partial charge on any atom is 0.0850 e. The first kappa shape index (κ1) is 13.5. The molecule has 0 spiro atoms. The number of nitrogens with one attached hydrogen (secondary N) is 1. The molecule has 1 aromatic rings. The number of halogens is 1. The van der Waals surface area contributed by atoms with Gasteiger partial charge in [0.25, 0.3) is 0 Å². The Morgan fingerprint density at radius 3 is 2.69 bits per heavy atom. The molecule has 1 rings (SSSR count). The van der Waals surface area contributed by atoms with Crippen LogP contribution < -0.4 is 5.32 Å². The van der Waals surface area contributed by atoms with Crippen molar-refractivity contribution in [1.29, 1.82) is 0 Å². The summed E-state index contributed by atoms with van der Waals surface area (Å²) in [6.45, 7) is 2.72. The van der Waals surface area contributed by atoms with Crippen LogP contribution in [0.2, 0.25) is 5.02 Å². The summed E-state index contributed by atoms with van der Waals surface area (Å²) in [4.78, 5) is 0. The molecule has 0 radical (unpaired) electrons. The summed E-state index contributed by atoms with van der Waals surface area (Å²) in [5.74, 6) is 0. The molecular formula is C11H20ClN3O. The highest BCUT2D eigenvalue weighted by Gasteiger charge is 2.16. The zero-order valence-electron chi connectivity index (χ0n) is 10.4. The van der Waals surface area contributed by atoms with E-state index in [1.807, 2.05) is 18.8 Å². The van der Waals surface area contributed by atoms with Crippen LogP contribution >= 0.6 is 11.6 Å². The van der Waals surface area contributed by atoms with E-state index in [9.17, 15) is 0 Å². The number of hydrogen-bond acceptors (Lipinski definition) is 3. The van der Waals surface area contributed by atoms with Crippen molar-refractivity contribution in [2.24, 2.45) is 7.05 Å². The number of methoxy groups -OCH3 is 1. The van der Waals surface area contributed by atoms with Crippen LogP contribution in [0.5, 0.6) is 0 Å². The van der Waals surface area contributed by atoms with Crippen LogP contribution in [0, 0.1) is 0 Å². The van der Waals surface area contributed by atoms with Crippen LogP contribution in [-0.4, -0.2) is 36.6 Å². The van der Waals surface area contributed by atoms with E-state index < -0.39 is 0 Å². The van der Waals surface area contributed by atoms with E-state index in [0.717, 1.165) is 29.3 Å². The summed E-state index contributed by atoms with van der Waals surface area (Å²) in [6.07, 6.45) is 1.69. The predicted octanol–water partition coefficient (Wildman–Crippen LogP) is 1.41. The van der Waals surface area contributed by atoms with Crippen LogP contribution in [0.1, 0.15) is 18.3 Å². The number of aryl methyl sites for hydroxylation is 2. The molecule has 0 bridgehead atoms. The SMILES string of the molecule is CCc1nn(C)c(CC(COC)NC)c1Cl. The molecule has 0 saturated carbocycles. The van der Waals surface area contributed by atoms with Crippen molar-refractivity contribution >= 4 is 11.6 Å². The van der Waals surface area contributed by atoms with E-state index in [2.05, 4.69) is 17.3 Å². The summed E-state index contributed by atoms with van der Waals surface area (Å²) in [7, 11) is 5.56. The lowest BCUT2D eigenvalue weighted by molar-refractivity contribution is 0.168. The highest BCUT2D eigenvalue weighted by atomic mass is 35.5. The molecule has 0 aliphatic heterocycles. The van der Waals surface area contributed by atoms with Gasteiger partial charge in [-0.05, 0) is 13.5 Å². The largest absolute Gasteiger partial charge is 0.383 e. The fourth-order valence-electron chi connectivity index (χ4n) is 1.72. The van der Waals surface area contributed by atoms with Gasteiger partial charge in [0.2, 0.25) is 0 Å². The standard InChI is InChI=1S/C11H20ClN3O/c1-5-9-11(12)10(15(3)14-9)6-8(13-2)7-16-4/h8,13H,5-7H2,1-4H3. The highest BCUT2D eigenvalue weighted by molar-refractivity contribution is 6.31. The molecule has 5 heteroatoms. The maximum atomic E-state index is 6.28. The van der Waals surface area contributed by atoms with Crippen LogP contribution in [0.15, 0.2) is 0 Å². The first-order valence-electron chi connectivity index (χ1n) is 5.50. The van der Waals surface area contributed by atoms with Gasteiger partial charge in [-0.25, -0.2) is 0 Å². The average molecular weight is 246 g/mol. The topological polar surface area (TPSA) is 39.1 Å². The quantitative estimate of drug-likeness (QED) is 0.824. The van der Waals surface area contributed by atoms with E-state index in [0.29, 0.717) is 6.61 Å². The molecule has 1 aromatic heterocycles. The van der Waals surface area contributed by atoms with Gasteiger partial charge in [-0.1, -0.05) is 18.5 Å². The van der Waals surface area contributed by atoms with Gasteiger partial charge in [0, 0.05) is 26.6 Å². The second-order valence-electron chi connectivity index (χ2n) is 3.83. The third-order valence-electron chi connectivity index (χ3n) is 2.72. The van der Waals surface area contributed by atoms with Crippen molar-refractivity contribution in [1.82, 2.24) is 15.1 Å². The molecule has 0 saturated heterocycles. The number of nitrogens with zero attached hydrogens (tertiary/aromatic N) is 2. The first-order chi connectivity index (χ1) is 7.63. The molecule has 0 amide bonds. The summed E-state index contributed by atoms with van der Waals surface area (Å²) in [5.41, 5.74) is 2.03. The van der Waals surface area contributed by atoms with Crippen molar-refractivity contribution in [3.63, 3.8) is 0 Å². The Labute approximate surface area is 102 Å². The smallest absolute Gasteiger partial charge is 0.0850 e. The zero-order valence-corrected chi connectivity index (χ0v) is 11.1. The molecular weight excluding hydrogens is 226 g/mol. The Morgan fingerprint density at radius 2 is 2.25 bits per heavy atom. The van der Waals surface area contributed by atoms with Gasteiger partial charge in [0.05, 0.1) is 23.0 Å². The molecule has 1 heterocycles. The van der Waals surface area contributed by atoms with Gasteiger partial charge in [0.15, 0.2) is 0 Å². The normalized spacial score (nSPS) is 13.1. The second kappa shape index (κ2) is 6.23. The number of rotatable bonds is 6. The van der Waals surface area contributed by atoms with Gasteiger partial charge < -0.3 is 10.1 Å². The van der Waals surface area contributed by atoms with Crippen molar-refractivity contribution < 1.29 is 4.74 Å². The highest BCUT2D eigenvalue weighted by Crippen LogP contribution is 2.21. The van der Waals surface area contributed by atoms with Gasteiger partial charge in [-0.2, -0.15) is 5.10 Å². The third-order valence-corrected chi connectivity index (χ3v) is 3.16. The Hall–Kier alpha value is -0.580. The molecule has 92 valence electrons. The minimum atomic E-state index is 0.266. The Kier molecular flexibility index (Phi) is 5.25. The number of hydrogen-bond donors (Lipinski definition) is 1. The maximum absolute atomic E-state index is 6.28. The summed E-state index contributed by atoms with van der Waals surface area (Å²) < 4.78 is 7.01. The molecule has 0 aliphatic carbocycles. The molecule has 16 heavy (non-hydrogen) atoms. The lowest BCUT2D eigenvalue weighted by Crippen LogP contribution is -2.32. The lowest BCUT2D eigenvalue weighted by Gasteiger charge is -2.15. The predicted molar refractivity (Wildman–Crippen MR) is 66.0 cm³/mol. The van der Waals surface area contributed by atoms with Crippen molar-refractivity contribution in [3.8, 4) is 0 Å². The lowest BCUT2D eigenvalue weighted by atomic mass is 10.1. The van der Waals surface area contributed by atoms with Crippen molar-refractivity contribution in [2.75, 3.05) is 20.8 Å². The molecule has 0 aromatic carbocycles. The molecule has 0 aliphatic rings. The van der Waals surface area contributed by atoms with Crippen molar-refractivity contribution in [3.05, 3.63) is 16.4 Å². The monoisotopic (exact) mass is 245 g/mol. The Bertz CT molecular complexity index is 338. The Morgan fingerprint density at radius 1 is 1.56 bits per heavy atom. The van der Waals surface area contributed by atoms with E-state index in [-0.39, 0.29) is 6.04 Å². The molecule has 1 unspecified atom stereocenters. The van der Waals surface area contributed by atoms with E-state index in [1.165, 1.54) is 0 Å². The van der Waals surface area contributed by atoms with Gasteiger partial charge in [-0.3, -0.25) is 4.68 Å². The van der Waals surface area contributed by atoms with Crippen LogP contribution in [0.25, 0.3) is 0 Å².